The first-order valence-corrected chi connectivity index (χ1v) is 8.67. The van der Waals surface area contributed by atoms with Crippen LogP contribution in [0.3, 0.4) is 0 Å². The molecule has 3 aromatic rings. The van der Waals surface area contributed by atoms with Crippen LogP contribution in [0, 0.1) is 11.8 Å². The average Bonchev–Trinajstić information content (AvgIpc) is 3.21. The van der Waals surface area contributed by atoms with Crippen LogP contribution in [0.15, 0.2) is 18.7 Å². The van der Waals surface area contributed by atoms with Gasteiger partial charge in [-0.2, -0.15) is 27.8 Å². The van der Waals surface area contributed by atoms with Crippen molar-refractivity contribution in [3.63, 3.8) is 0 Å². The summed E-state index contributed by atoms with van der Waals surface area (Å²) in [5.74, 6) is 0.971. The standard InChI is InChI=1S/C16H16F3N7O2/c1-8-10-4-27-5-15(8,10)24-14-23-13-12(28-6-16(17,18)19)11(9-2-21-22-3-9)20-7-26(13)25-14/h2-3,7-8,10H,4-6H2,1H3,(H,21,22)(H,24,25)/t8-,10+,15+/m0/s1. The number of halogens is 3. The van der Waals surface area contributed by atoms with Crippen molar-refractivity contribution in [2.45, 2.75) is 18.6 Å². The van der Waals surface area contributed by atoms with E-state index in [1.54, 1.807) is 0 Å². The molecule has 2 N–H and O–H groups in total. The van der Waals surface area contributed by atoms with Crippen LogP contribution in [0.2, 0.25) is 0 Å². The summed E-state index contributed by atoms with van der Waals surface area (Å²) in [6.45, 7) is 1.87. The Labute approximate surface area is 156 Å². The second-order valence-corrected chi connectivity index (χ2v) is 7.09. The Kier molecular flexibility index (Phi) is 3.57. The molecule has 0 radical (unpaired) electrons. The fraction of sp³-hybridized carbons (Fsp3) is 0.500. The number of fused-ring (bicyclic) bond motifs is 2. The highest BCUT2D eigenvalue weighted by atomic mass is 19.4. The Balaban J connectivity index is 1.54. The van der Waals surface area contributed by atoms with Gasteiger partial charge in [-0.1, -0.05) is 6.92 Å². The second kappa shape index (κ2) is 5.80. The van der Waals surface area contributed by atoms with Crippen molar-refractivity contribution >= 4 is 11.6 Å². The minimum atomic E-state index is -4.50. The third-order valence-corrected chi connectivity index (χ3v) is 5.45. The normalized spacial score (nSPS) is 26.4. The highest BCUT2D eigenvalue weighted by molar-refractivity contribution is 5.74. The van der Waals surface area contributed by atoms with Gasteiger partial charge in [0.1, 0.15) is 12.0 Å². The molecule has 1 aliphatic carbocycles. The van der Waals surface area contributed by atoms with E-state index in [4.69, 9.17) is 9.47 Å². The Morgan fingerprint density at radius 1 is 1.46 bits per heavy atom. The lowest BCUT2D eigenvalue weighted by molar-refractivity contribution is -0.153. The second-order valence-electron chi connectivity index (χ2n) is 7.09. The van der Waals surface area contributed by atoms with Gasteiger partial charge in [-0.05, 0) is 5.92 Å². The van der Waals surface area contributed by atoms with E-state index in [0.29, 0.717) is 36.6 Å². The molecule has 0 unspecified atom stereocenters. The molecule has 0 bridgehead atoms. The van der Waals surface area contributed by atoms with Gasteiger partial charge in [-0.3, -0.25) is 5.10 Å². The van der Waals surface area contributed by atoms with Gasteiger partial charge in [0.15, 0.2) is 12.4 Å². The number of rotatable bonds is 5. The maximum absolute atomic E-state index is 12.8. The molecule has 2 fully saturated rings. The zero-order valence-corrected chi connectivity index (χ0v) is 14.7. The van der Waals surface area contributed by atoms with E-state index in [2.05, 4.69) is 37.5 Å². The molecule has 4 heterocycles. The Hall–Kier alpha value is -2.89. The summed E-state index contributed by atoms with van der Waals surface area (Å²) in [4.78, 5) is 8.57. The predicted molar refractivity (Wildman–Crippen MR) is 89.7 cm³/mol. The molecule has 28 heavy (non-hydrogen) atoms. The monoisotopic (exact) mass is 395 g/mol. The number of H-pyrrole nitrogens is 1. The highest BCUT2D eigenvalue weighted by Gasteiger charge is 2.66. The van der Waals surface area contributed by atoms with Crippen molar-refractivity contribution < 1.29 is 22.6 Å². The van der Waals surface area contributed by atoms with Gasteiger partial charge < -0.3 is 14.8 Å². The minimum absolute atomic E-state index is 0.109. The van der Waals surface area contributed by atoms with Gasteiger partial charge in [-0.15, -0.1) is 5.10 Å². The molecule has 12 heteroatoms. The van der Waals surface area contributed by atoms with Gasteiger partial charge in [0, 0.05) is 17.7 Å². The molecule has 9 nitrogen and oxygen atoms in total. The molecule has 2 aliphatic rings. The van der Waals surface area contributed by atoms with E-state index in [0.717, 1.165) is 0 Å². The lowest BCUT2D eigenvalue weighted by Crippen LogP contribution is -2.28. The van der Waals surface area contributed by atoms with Crippen LogP contribution in [-0.4, -0.2) is 61.3 Å². The van der Waals surface area contributed by atoms with E-state index < -0.39 is 12.8 Å². The van der Waals surface area contributed by atoms with Crippen LogP contribution in [0.25, 0.3) is 16.9 Å². The molecular formula is C16H16F3N7O2. The van der Waals surface area contributed by atoms with Crippen molar-refractivity contribution in [1.29, 1.82) is 0 Å². The van der Waals surface area contributed by atoms with Gasteiger partial charge in [0.25, 0.3) is 0 Å². The number of nitrogens with one attached hydrogen (secondary N) is 2. The summed E-state index contributed by atoms with van der Waals surface area (Å²) in [5.41, 5.74) is 0.595. The van der Waals surface area contributed by atoms with Crippen LogP contribution in [-0.2, 0) is 4.74 Å². The SMILES string of the molecule is C[C@H]1[C@H]2COC[C@]21Nc1nc2c(OCC(F)(F)F)c(-c3cn[nH]c3)ncn2n1. The molecule has 0 spiro atoms. The minimum Gasteiger partial charge on any atom is -0.478 e. The van der Waals surface area contributed by atoms with Crippen molar-refractivity contribution in [2.75, 3.05) is 25.1 Å². The molecule has 1 saturated heterocycles. The molecule has 148 valence electrons. The predicted octanol–water partition coefficient (Wildman–Crippen LogP) is 1.90. The largest absolute Gasteiger partial charge is 0.478 e. The number of nitrogens with zero attached hydrogens (tertiary/aromatic N) is 5. The van der Waals surface area contributed by atoms with Crippen LogP contribution in [0.5, 0.6) is 5.75 Å². The van der Waals surface area contributed by atoms with Crippen molar-refractivity contribution in [1.82, 2.24) is 29.8 Å². The number of alkyl halides is 3. The van der Waals surface area contributed by atoms with Gasteiger partial charge in [0.05, 0.1) is 24.9 Å². The van der Waals surface area contributed by atoms with E-state index in [-0.39, 0.29) is 22.6 Å². The highest BCUT2D eigenvalue weighted by Crippen LogP contribution is 2.56. The topological polar surface area (TPSA) is 102 Å². The number of aromatic nitrogens is 6. The maximum atomic E-state index is 12.8. The number of ether oxygens (including phenoxy) is 2. The van der Waals surface area contributed by atoms with Crippen molar-refractivity contribution in [3.05, 3.63) is 18.7 Å². The van der Waals surface area contributed by atoms with Crippen LogP contribution < -0.4 is 10.1 Å². The molecule has 0 aromatic carbocycles. The average molecular weight is 395 g/mol. The van der Waals surface area contributed by atoms with Crippen molar-refractivity contribution in [2.24, 2.45) is 11.8 Å². The quantitative estimate of drug-likeness (QED) is 0.680. The zero-order valence-electron chi connectivity index (χ0n) is 14.7. The molecule has 5 rings (SSSR count). The first-order valence-electron chi connectivity index (χ1n) is 8.67. The first-order chi connectivity index (χ1) is 13.4. The van der Waals surface area contributed by atoms with Crippen molar-refractivity contribution in [3.8, 4) is 17.0 Å². The van der Waals surface area contributed by atoms with E-state index in [1.807, 2.05) is 0 Å². The Morgan fingerprint density at radius 3 is 3.00 bits per heavy atom. The molecule has 3 aromatic heterocycles. The van der Waals surface area contributed by atoms with Gasteiger partial charge in [-0.25, -0.2) is 4.98 Å². The molecule has 0 amide bonds. The smallest absolute Gasteiger partial charge is 0.422 e. The van der Waals surface area contributed by atoms with Gasteiger partial charge in [0.2, 0.25) is 11.6 Å². The van der Waals surface area contributed by atoms with Crippen LogP contribution in [0.4, 0.5) is 19.1 Å². The fourth-order valence-corrected chi connectivity index (χ4v) is 3.82. The Bertz CT molecular complexity index is 1020. The summed E-state index contributed by atoms with van der Waals surface area (Å²) in [7, 11) is 0. The summed E-state index contributed by atoms with van der Waals surface area (Å²) in [6.07, 6.45) is -0.161. The fourth-order valence-electron chi connectivity index (χ4n) is 3.82. The molecular weight excluding hydrogens is 379 g/mol. The Morgan fingerprint density at radius 2 is 2.32 bits per heavy atom. The van der Waals surface area contributed by atoms with E-state index >= 15 is 0 Å². The molecule has 3 atom stereocenters. The lowest BCUT2D eigenvalue weighted by Gasteiger charge is -2.13. The number of aromatic amines is 1. The molecule has 1 aliphatic heterocycles. The third-order valence-electron chi connectivity index (χ3n) is 5.45. The zero-order chi connectivity index (χ0) is 19.5. The van der Waals surface area contributed by atoms with Crippen LogP contribution >= 0.6 is 0 Å². The maximum Gasteiger partial charge on any atom is 0.422 e. The van der Waals surface area contributed by atoms with E-state index in [1.165, 1.54) is 23.2 Å². The number of hydrogen-bond donors (Lipinski definition) is 2. The lowest BCUT2D eigenvalue weighted by atomic mass is 10.2. The summed E-state index contributed by atoms with van der Waals surface area (Å²) in [5, 5.41) is 14.0. The summed E-state index contributed by atoms with van der Waals surface area (Å²) in [6, 6.07) is 0. The summed E-state index contributed by atoms with van der Waals surface area (Å²) >= 11 is 0. The number of hydrogen-bond acceptors (Lipinski definition) is 7. The third kappa shape index (κ3) is 2.66. The first kappa shape index (κ1) is 17.2. The number of anilines is 1. The van der Waals surface area contributed by atoms with Gasteiger partial charge >= 0.3 is 6.18 Å². The summed E-state index contributed by atoms with van der Waals surface area (Å²) < 4.78 is 50.1. The van der Waals surface area contributed by atoms with E-state index in [9.17, 15) is 13.2 Å². The molecule has 1 saturated carbocycles. The van der Waals surface area contributed by atoms with Crippen LogP contribution in [0.1, 0.15) is 6.92 Å².